The zero-order valence-electron chi connectivity index (χ0n) is 12.9. The lowest BCUT2D eigenvalue weighted by atomic mass is 10.2. The molecule has 0 aliphatic carbocycles. The number of carbonyl (C=O) groups excluding carboxylic acids is 1. The number of amides is 1. The average molecular weight is 278 g/mol. The first-order chi connectivity index (χ1) is 9.54. The van der Waals surface area contributed by atoms with Gasteiger partial charge in [0.15, 0.2) is 0 Å². The van der Waals surface area contributed by atoms with Crippen LogP contribution in [0.15, 0.2) is 18.3 Å². The van der Waals surface area contributed by atoms with Gasteiger partial charge >= 0.3 is 0 Å². The van der Waals surface area contributed by atoms with Crippen LogP contribution in [0.2, 0.25) is 0 Å². The number of hydrogen-bond donors (Lipinski definition) is 2. The summed E-state index contributed by atoms with van der Waals surface area (Å²) in [6, 6.07) is 4.15. The molecule has 0 aromatic carbocycles. The molecule has 5 heteroatoms. The summed E-state index contributed by atoms with van der Waals surface area (Å²) in [6.07, 6.45) is 3.73. The van der Waals surface area contributed by atoms with Crippen molar-refractivity contribution in [2.75, 3.05) is 32.5 Å². The molecule has 0 unspecified atom stereocenters. The monoisotopic (exact) mass is 278 g/mol. The second-order valence-corrected chi connectivity index (χ2v) is 5.22. The topological polar surface area (TPSA) is 57.3 Å². The van der Waals surface area contributed by atoms with E-state index in [9.17, 15) is 4.79 Å². The molecule has 0 aliphatic heterocycles. The Morgan fingerprint density at radius 2 is 2.10 bits per heavy atom. The SMILES string of the molecule is CNc1ccc(C(=O)NCCCCN(C)C(C)C)nc1. The van der Waals surface area contributed by atoms with E-state index in [-0.39, 0.29) is 5.91 Å². The maximum Gasteiger partial charge on any atom is 0.269 e. The minimum Gasteiger partial charge on any atom is -0.387 e. The highest BCUT2D eigenvalue weighted by Gasteiger charge is 2.06. The third-order valence-electron chi connectivity index (χ3n) is 3.39. The molecule has 0 spiro atoms. The molecular formula is C15H26N4O. The van der Waals surface area contributed by atoms with Crippen molar-refractivity contribution in [3.8, 4) is 0 Å². The lowest BCUT2D eigenvalue weighted by Crippen LogP contribution is -2.29. The number of nitrogens with zero attached hydrogens (tertiary/aromatic N) is 2. The van der Waals surface area contributed by atoms with Crippen LogP contribution in [0.5, 0.6) is 0 Å². The van der Waals surface area contributed by atoms with Crippen molar-refractivity contribution in [2.45, 2.75) is 32.7 Å². The third kappa shape index (κ3) is 5.57. The van der Waals surface area contributed by atoms with E-state index in [1.54, 1.807) is 12.3 Å². The maximum absolute atomic E-state index is 11.8. The molecule has 2 N–H and O–H groups in total. The summed E-state index contributed by atoms with van der Waals surface area (Å²) in [5, 5.41) is 5.87. The van der Waals surface area contributed by atoms with Gasteiger partial charge in [-0.1, -0.05) is 0 Å². The minimum atomic E-state index is -0.107. The number of pyridine rings is 1. The lowest BCUT2D eigenvalue weighted by Gasteiger charge is -2.20. The van der Waals surface area contributed by atoms with Crippen molar-refractivity contribution >= 4 is 11.6 Å². The van der Waals surface area contributed by atoms with Crippen LogP contribution in [0.3, 0.4) is 0 Å². The number of aromatic nitrogens is 1. The molecule has 5 nitrogen and oxygen atoms in total. The average Bonchev–Trinajstić information content (AvgIpc) is 2.46. The molecule has 1 heterocycles. The summed E-state index contributed by atoms with van der Waals surface area (Å²) in [4.78, 5) is 18.3. The number of carbonyl (C=O) groups is 1. The normalized spacial score (nSPS) is 10.9. The predicted octanol–water partition coefficient (Wildman–Crippen LogP) is 1.97. The van der Waals surface area contributed by atoms with Crippen molar-refractivity contribution < 1.29 is 4.79 Å². The van der Waals surface area contributed by atoms with Gasteiger partial charge in [-0.2, -0.15) is 0 Å². The maximum atomic E-state index is 11.8. The molecule has 0 radical (unpaired) electrons. The first kappa shape index (κ1) is 16.4. The van der Waals surface area contributed by atoms with Crippen molar-refractivity contribution in [1.82, 2.24) is 15.2 Å². The van der Waals surface area contributed by atoms with Crippen LogP contribution >= 0.6 is 0 Å². The van der Waals surface area contributed by atoms with E-state index in [0.717, 1.165) is 25.1 Å². The van der Waals surface area contributed by atoms with E-state index in [1.807, 2.05) is 13.1 Å². The smallest absolute Gasteiger partial charge is 0.269 e. The van der Waals surface area contributed by atoms with Gasteiger partial charge in [-0.05, 0) is 52.4 Å². The van der Waals surface area contributed by atoms with E-state index < -0.39 is 0 Å². The minimum absolute atomic E-state index is 0.107. The largest absolute Gasteiger partial charge is 0.387 e. The lowest BCUT2D eigenvalue weighted by molar-refractivity contribution is 0.0947. The Hall–Kier alpha value is -1.62. The molecule has 0 aliphatic rings. The van der Waals surface area contributed by atoms with E-state index in [2.05, 4.69) is 41.4 Å². The van der Waals surface area contributed by atoms with Gasteiger partial charge in [-0.15, -0.1) is 0 Å². The van der Waals surface area contributed by atoms with E-state index in [4.69, 9.17) is 0 Å². The molecule has 0 fully saturated rings. The summed E-state index contributed by atoms with van der Waals surface area (Å²) < 4.78 is 0. The fourth-order valence-electron chi connectivity index (χ4n) is 1.71. The van der Waals surface area contributed by atoms with Gasteiger partial charge < -0.3 is 15.5 Å². The standard InChI is InChI=1S/C15H26N4O/c1-12(2)19(4)10-6-5-9-17-15(20)14-8-7-13(16-3)11-18-14/h7-8,11-12,16H,5-6,9-10H2,1-4H3,(H,17,20). The van der Waals surface area contributed by atoms with Gasteiger partial charge in [-0.25, -0.2) is 4.98 Å². The zero-order valence-corrected chi connectivity index (χ0v) is 12.9. The first-order valence-electron chi connectivity index (χ1n) is 7.17. The van der Waals surface area contributed by atoms with Crippen LogP contribution < -0.4 is 10.6 Å². The Bertz CT molecular complexity index is 403. The summed E-state index contributed by atoms with van der Waals surface area (Å²) in [5.74, 6) is -0.107. The Labute approximate surface area is 121 Å². The number of anilines is 1. The number of nitrogens with one attached hydrogen (secondary N) is 2. The Morgan fingerprint density at radius 3 is 2.65 bits per heavy atom. The van der Waals surface area contributed by atoms with Crippen molar-refractivity contribution in [2.24, 2.45) is 0 Å². The molecule has 0 saturated heterocycles. The molecule has 20 heavy (non-hydrogen) atoms. The number of hydrogen-bond acceptors (Lipinski definition) is 4. The molecule has 1 rings (SSSR count). The van der Waals surface area contributed by atoms with Crippen LogP contribution in [0.4, 0.5) is 5.69 Å². The van der Waals surface area contributed by atoms with Crippen molar-refractivity contribution in [3.63, 3.8) is 0 Å². The molecule has 1 aromatic rings. The van der Waals surface area contributed by atoms with Gasteiger partial charge in [0.25, 0.3) is 5.91 Å². The first-order valence-corrected chi connectivity index (χ1v) is 7.17. The second kappa shape index (κ2) is 8.53. The van der Waals surface area contributed by atoms with Gasteiger partial charge in [0, 0.05) is 19.6 Å². The highest BCUT2D eigenvalue weighted by Crippen LogP contribution is 2.04. The summed E-state index contributed by atoms with van der Waals surface area (Å²) >= 11 is 0. The Balaban J connectivity index is 2.22. The second-order valence-electron chi connectivity index (χ2n) is 5.22. The fourth-order valence-corrected chi connectivity index (χ4v) is 1.71. The molecular weight excluding hydrogens is 252 g/mol. The van der Waals surface area contributed by atoms with Crippen LogP contribution in [-0.2, 0) is 0 Å². The van der Waals surface area contributed by atoms with Crippen LogP contribution in [0, 0.1) is 0 Å². The Kier molecular flexibility index (Phi) is 7.01. The summed E-state index contributed by atoms with van der Waals surface area (Å²) in [5.41, 5.74) is 1.36. The molecule has 0 saturated carbocycles. The predicted molar refractivity (Wildman–Crippen MR) is 83.1 cm³/mol. The highest BCUT2D eigenvalue weighted by molar-refractivity contribution is 5.92. The molecule has 0 atom stereocenters. The van der Waals surface area contributed by atoms with Gasteiger partial charge in [0.2, 0.25) is 0 Å². The van der Waals surface area contributed by atoms with Crippen molar-refractivity contribution in [1.29, 1.82) is 0 Å². The Morgan fingerprint density at radius 1 is 1.35 bits per heavy atom. The third-order valence-corrected chi connectivity index (χ3v) is 3.39. The van der Waals surface area contributed by atoms with Gasteiger partial charge in [0.1, 0.15) is 5.69 Å². The fraction of sp³-hybridized carbons (Fsp3) is 0.600. The number of unbranched alkanes of at least 4 members (excludes halogenated alkanes) is 1. The van der Waals surface area contributed by atoms with Crippen LogP contribution in [0.25, 0.3) is 0 Å². The molecule has 112 valence electrons. The molecule has 1 aromatic heterocycles. The number of rotatable bonds is 8. The quantitative estimate of drug-likeness (QED) is 0.714. The van der Waals surface area contributed by atoms with Crippen molar-refractivity contribution in [3.05, 3.63) is 24.0 Å². The van der Waals surface area contributed by atoms with Gasteiger partial charge in [0.05, 0.1) is 11.9 Å². The summed E-state index contributed by atoms with van der Waals surface area (Å²) in [7, 11) is 3.95. The summed E-state index contributed by atoms with van der Waals surface area (Å²) in [6.45, 7) is 6.12. The van der Waals surface area contributed by atoms with Gasteiger partial charge in [-0.3, -0.25) is 4.79 Å². The van der Waals surface area contributed by atoms with E-state index >= 15 is 0 Å². The molecule has 1 amide bonds. The zero-order chi connectivity index (χ0) is 15.0. The van der Waals surface area contributed by atoms with E-state index in [0.29, 0.717) is 18.3 Å². The highest BCUT2D eigenvalue weighted by atomic mass is 16.1. The van der Waals surface area contributed by atoms with Crippen LogP contribution in [-0.4, -0.2) is 49.0 Å². The molecule has 0 bridgehead atoms. The van der Waals surface area contributed by atoms with Crippen LogP contribution in [0.1, 0.15) is 37.2 Å². The van der Waals surface area contributed by atoms with E-state index in [1.165, 1.54) is 0 Å².